The number of aromatic carboxylic acids is 2. The first-order valence-corrected chi connectivity index (χ1v) is 15.9. The highest BCUT2D eigenvalue weighted by Crippen LogP contribution is 2.36. The van der Waals surface area contributed by atoms with E-state index in [9.17, 15) is 40.8 Å². The highest BCUT2D eigenvalue weighted by molar-refractivity contribution is 5.91. The molecule has 0 bridgehead atoms. The number of benzene rings is 2. The summed E-state index contributed by atoms with van der Waals surface area (Å²) in [5.41, 5.74) is 3.07. The zero-order chi connectivity index (χ0) is 38.3. The van der Waals surface area contributed by atoms with Gasteiger partial charge in [-0.2, -0.15) is 10.8 Å². The summed E-state index contributed by atoms with van der Waals surface area (Å²) >= 11 is 0. The molecule has 1 fully saturated rings. The summed E-state index contributed by atoms with van der Waals surface area (Å²) in [5, 5.41) is 61.9. The van der Waals surface area contributed by atoms with Crippen LogP contribution in [0.5, 0.6) is 0 Å². The molecular weight excluding hydrogens is 670 g/mol. The number of allylic oxidation sites excluding steroid dienone is 12. The second-order valence-electron chi connectivity index (χ2n) is 11.2. The first-order chi connectivity index (χ1) is 25.7. The predicted molar refractivity (Wildman–Crippen MR) is 187 cm³/mol. The molecule has 1 aliphatic heterocycles. The Morgan fingerprint density at radius 2 is 1.43 bits per heavy atom. The first kappa shape index (κ1) is 37.9. The van der Waals surface area contributed by atoms with Gasteiger partial charge >= 0.3 is 0 Å². The van der Waals surface area contributed by atoms with Crippen LogP contribution in [0.1, 0.15) is 44.7 Å². The van der Waals surface area contributed by atoms with Crippen molar-refractivity contribution in [2.24, 2.45) is 0 Å². The molecular formula is C41H26N7O5-3. The average molecular weight is 697 g/mol. The van der Waals surface area contributed by atoms with Crippen molar-refractivity contribution in [3.63, 3.8) is 0 Å². The van der Waals surface area contributed by atoms with Crippen LogP contribution in [-0.4, -0.2) is 43.1 Å². The van der Waals surface area contributed by atoms with E-state index in [-0.39, 0.29) is 45.2 Å². The van der Waals surface area contributed by atoms with Gasteiger partial charge in [0.15, 0.2) is 0 Å². The van der Waals surface area contributed by atoms with Crippen molar-refractivity contribution in [2.75, 3.05) is 26.3 Å². The van der Waals surface area contributed by atoms with Crippen molar-refractivity contribution < 1.29 is 24.5 Å². The molecule has 53 heavy (non-hydrogen) atoms. The minimum Gasteiger partial charge on any atom is -0.545 e. The molecule has 0 N–H and O–H groups in total. The average Bonchev–Trinajstić information content (AvgIpc) is 3.59. The Labute approximate surface area is 306 Å². The van der Waals surface area contributed by atoms with Crippen LogP contribution < -0.4 is 10.2 Å². The van der Waals surface area contributed by atoms with Crippen LogP contribution in [-0.2, 0) is 4.74 Å². The van der Waals surface area contributed by atoms with Gasteiger partial charge in [-0.05, 0) is 52.8 Å². The summed E-state index contributed by atoms with van der Waals surface area (Å²) in [7, 11) is 0. The zero-order valence-electron chi connectivity index (χ0n) is 28.0. The Hall–Kier alpha value is -7.87. The molecule has 1 aliphatic carbocycles. The second kappa shape index (κ2) is 18.2. The van der Waals surface area contributed by atoms with Crippen LogP contribution in [0.4, 0.5) is 0 Å². The number of hydrogen-bond acceptors (Lipinski definition) is 10. The van der Waals surface area contributed by atoms with Gasteiger partial charge in [-0.15, -0.1) is 23.8 Å². The minimum atomic E-state index is -1.39. The van der Waals surface area contributed by atoms with Crippen LogP contribution in [0, 0.1) is 64.5 Å². The number of carbonyl (C=O) groups excluding carboxylic acids is 2. The van der Waals surface area contributed by atoms with E-state index >= 15 is 0 Å². The standard InChI is InChI=1S/C41H28N7O5/c1-46-35(25-44)37(27-9-15-31(16-10-27)40(49)50)33(23-42)7-3-5-29-13-14-30(39(29)48-19-21-53-22-20-48)6-4-8-34(24-43)38(36(26-45)47-2)28-11-17-32(18-12-28)41(51)52/h3-12,15-18H,13-14,19-22H2,(H,49,50)(H,51,52)/q-1/p-2/b5-3+,8-4+,30-6+,33-7+,37-35+,38-34+. The maximum atomic E-state index is 11.2. The van der Waals surface area contributed by atoms with Crippen molar-refractivity contribution in [1.29, 1.82) is 21.0 Å². The number of carboxylic acids is 2. The molecule has 2 aliphatic rings. The number of carboxylic acid groups (broad SMARTS) is 2. The third kappa shape index (κ3) is 9.03. The molecule has 2 aromatic rings. The fraction of sp³-hybridized carbons (Fsp3) is 0.146. The number of rotatable bonds is 11. The van der Waals surface area contributed by atoms with Gasteiger partial charge in [-0.25, -0.2) is 25.5 Å². The minimum absolute atomic E-state index is 0.0223. The van der Waals surface area contributed by atoms with Crippen LogP contribution in [0.3, 0.4) is 0 Å². The number of nitriles is 4. The van der Waals surface area contributed by atoms with E-state index in [1.165, 1.54) is 60.7 Å². The molecule has 12 nitrogen and oxygen atoms in total. The molecule has 0 unspecified atom stereocenters. The topological polar surface area (TPSA) is 197 Å². The maximum absolute atomic E-state index is 11.2. The van der Waals surface area contributed by atoms with Crippen LogP contribution in [0.25, 0.3) is 20.8 Å². The molecule has 0 atom stereocenters. The van der Waals surface area contributed by atoms with Crippen LogP contribution >= 0.6 is 0 Å². The third-order valence-electron chi connectivity index (χ3n) is 8.23. The lowest BCUT2D eigenvalue weighted by Crippen LogP contribution is -2.36. The molecule has 1 saturated heterocycles. The quantitative estimate of drug-likeness (QED) is 0.185. The predicted octanol–water partition coefficient (Wildman–Crippen LogP) is 4.39. The number of carbonyl (C=O) groups is 2. The Bertz CT molecular complexity index is 2250. The van der Waals surface area contributed by atoms with Crippen molar-refractivity contribution in [3.8, 4) is 24.3 Å². The largest absolute Gasteiger partial charge is 0.545 e. The van der Waals surface area contributed by atoms with Gasteiger partial charge in [0.05, 0.1) is 62.1 Å². The summed E-state index contributed by atoms with van der Waals surface area (Å²) in [4.78, 5) is 31.2. The van der Waals surface area contributed by atoms with Gasteiger partial charge in [0.1, 0.15) is 0 Å². The monoisotopic (exact) mass is 696 g/mol. The van der Waals surface area contributed by atoms with Crippen molar-refractivity contribution >= 4 is 23.1 Å². The molecule has 2 aromatic carbocycles. The van der Waals surface area contributed by atoms with Crippen molar-refractivity contribution in [3.05, 3.63) is 170 Å². The molecule has 0 radical (unpaired) electrons. The number of ether oxygens (including phenoxy) is 1. The first-order valence-electron chi connectivity index (χ1n) is 15.9. The van der Waals surface area contributed by atoms with Crippen LogP contribution in [0.15, 0.2) is 119 Å². The summed E-state index contributed by atoms with van der Waals surface area (Å²) in [6, 6.07) is 18.1. The summed E-state index contributed by atoms with van der Waals surface area (Å²) in [5.74, 6) is -2.78. The Morgan fingerprint density at radius 1 is 0.830 bits per heavy atom. The van der Waals surface area contributed by atoms with Gasteiger partial charge in [-0.1, -0.05) is 66.3 Å². The molecule has 1 heterocycles. The number of nitrogens with zero attached hydrogens (tertiary/aromatic N) is 7. The van der Waals surface area contributed by atoms with E-state index < -0.39 is 11.9 Å². The van der Waals surface area contributed by atoms with E-state index in [1.54, 1.807) is 12.2 Å². The second-order valence-corrected chi connectivity index (χ2v) is 11.2. The number of morpholine rings is 1. The van der Waals surface area contributed by atoms with E-state index in [0.717, 1.165) is 16.8 Å². The van der Waals surface area contributed by atoms with E-state index in [0.29, 0.717) is 50.3 Å². The molecule has 4 rings (SSSR count). The Balaban J connectivity index is 1.76. The van der Waals surface area contributed by atoms with Gasteiger partial charge in [0.2, 0.25) is 6.04 Å². The smallest absolute Gasteiger partial charge is 0.270 e. The van der Waals surface area contributed by atoms with Gasteiger partial charge in [0, 0.05) is 24.4 Å². The highest BCUT2D eigenvalue weighted by atomic mass is 16.5. The Kier molecular flexibility index (Phi) is 13.0. The molecule has 0 saturated carbocycles. The molecule has 0 aromatic heterocycles. The van der Waals surface area contributed by atoms with E-state index in [4.69, 9.17) is 17.9 Å². The van der Waals surface area contributed by atoms with Crippen LogP contribution in [0.2, 0.25) is 0 Å². The van der Waals surface area contributed by atoms with Gasteiger partial charge in [-0.3, -0.25) is 0 Å². The SMILES string of the molecule is [C-]#[N+]/C(C#N)=C(/C(C#N)=C/C=C/C1=C(N2CCOCC2)C(=C/C=C/C(C#N)=C(/c2ccc(C(=O)[O-])cc2)[C-](C#N)[N+]#[C-])/CC1)c1ccc(C(=O)[O-])cc1. The molecule has 12 heteroatoms. The molecule has 0 spiro atoms. The fourth-order valence-electron chi connectivity index (χ4n) is 5.76. The van der Waals surface area contributed by atoms with E-state index in [1.807, 2.05) is 24.3 Å². The van der Waals surface area contributed by atoms with Crippen molar-refractivity contribution in [2.45, 2.75) is 12.8 Å². The zero-order valence-corrected chi connectivity index (χ0v) is 28.0. The third-order valence-corrected chi connectivity index (χ3v) is 8.23. The highest BCUT2D eigenvalue weighted by Gasteiger charge is 2.24. The molecule has 0 amide bonds. The van der Waals surface area contributed by atoms with Gasteiger partial charge < -0.3 is 29.4 Å². The molecule has 258 valence electrons. The van der Waals surface area contributed by atoms with E-state index in [2.05, 4.69) is 26.7 Å². The maximum Gasteiger partial charge on any atom is 0.270 e. The Morgan fingerprint density at radius 3 is 1.94 bits per heavy atom. The summed E-state index contributed by atoms with van der Waals surface area (Å²) in [6.45, 7) is 17.2. The van der Waals surface area contributed by atoms with Gasteiger partial charge in [0.25, 0.3) is 5.70 Å². The lowest BCUT2D eigenvalue weighted by Gasteiger charge is -2.31. The summed E-state index contributed by atoms with van der Waals surface area (Å²) < 4.78 is 5.57. The lowest BCUT2D eigenvalue weighted by molar-refractivity contribution is -0.256. The lowest BCUT2D eigenvalue weighted by atomic mass is 9.93. The van der Waals surface area contributed by atoms with Crippen molar-refractivity contribution in [1.82, 2.24) is 4.90 Å². The number of hydrogen-bond donors (Lipinski definition) is 0. The normalized spacial score (nSPS) is 16.1. The summed E-state index contributed by atoms with van der Waals surface area (Å²) in [6.07, 6.45) is 11.2. The fourth-order valence-corrected chi connectivity index (χ4v) is 5.76.